The summed E-state index contributed by atoms with van der Waals surface area (Å²) < 4.78 is 33.0. The van der Waals surface area contributed by atoms with Crippen LogP contribution in [-0.2, 0) is 21.3 Å². The van der Waals surface area contributed by atoms with Crippen molar-refractivity contribution in [3.8, 4) is 0 Å². The van der Waals surface area contributed by atoms with E-state index in [4.69, 9.17) is 4.74 Å². The number of nitrogens with zero attached hydrogens (tertiary/aromatic N) is 3. The second-order valence-electron chi connectivity index (χ2n) is 5.99. The zero-order valence-corrected chi connectivity index (χ0v) is 14.9. The Morgan fingerprint density at radius 2 is 2.04 bits per heavy atom. The van der Waals surface area contributed by atoms with Gasteiger partial charge in [-0.05, 0) is 29.8 Å². The number of hydrogen-bond donors (Lipinski definition) is 2. The van der Waals surface area contributed by atoms with E-state index in [0.29, 0.717) is 13.2 Å². The first-order valence-electron chi connectivity index (χ1n) is 8.33. The normalized spacial score (nSPS) is 15.5. The Hall–Kier alpha value is -2.49. The van der Waals surface area contributed by atoms with Gasteiger partial charge in [-0.3, -0.25) is 0 Å². The largest absolute Gasteiger partial charge is 0.378 e. The van der Waals surface area contributed by atoms with Crippen LogP contribution in [0.1, 0.15) is 5.56 Å². The maximum Gasteiger partial charge on any atom is 0.242 e. The van der Waals surface area contributed by atoms with E-state index in [9.17, 15) is 8.42 Å². The van der Waals surface area contributed by atoms with Gasteiger partial charge in [0, 0.05) is 43.6 Å². The van der Waals surface area contributed by atoms with Gasteiger partial charge in [0.2, 0.25) is 10.0 Å². The molecular formula is C17H19N5O3S. The van der Waals surface area contributed by atoms with Crippen molar-refractivity contribution >= 4 is 26.9 Å². The van der Waals surface area contributed by atoms with Crippen molar-refractivity contribution in [3.63, 3.8) is 0 Å². The lowest BCUT2D eigenvalue weighted by atomic mass is 10.2. The summed E-state index contributed by atoms with van der Waals surface area (Å²) in [6.45, 7) is 3.00. The Morgan fingerprint density at radius 1 is 1.19 bits per heavy atom. The molecule has 3 aromatic heterocycles. The fraction of sp³-hybridized carbons (Fsp3) is 0.294. The number of anilines is 1. The zero-order chi connectivity index (χ0) is 18.0. The number of aromatic nitrogens is 3. The molecule has 2 N–H and O–H groups in total. The minimum atomic E-state index is -3.64. The summed E-state index contributed by atoms with van der Waals surface area (Å²) >= 11 is 0. The summed E-state index contributed by atoms with van der Waals surface area (Å²) in [5.41, 5.74) is 1.58. The Labute approximate surface area is 151 Å². The molecule has 8 nitrogen and oxygen atoms in total. The monoisotopic (exact) mass is 373 g/mol. The average molecular weight is 373 g/mol. The van der Waals surface area contributed by atoms with Gasteiger partial charge in [-0.15, -0.1) is 0 Å². The van der Waals surface area contributed by atoms with Crippen LogP contribution in [0.5, 0.6) is 0 Å². The lowest BCUT2D eigenvalue weighted by Gasteiger charge is -2.27. The average Bonchev–Trinajstić information content (AvgIpc) is 3.11. The number of morpholine rings is 1. The highest BCUT2D eigenvalue weighted by Gasteiger charge is 2.17. The lowest BCUT2D eigenvalue weighted by molar-refractivity contribution is 0.122. The predicted octanol–water partition coefficient (Wildman–Crippen LogP) is 1.27. The standard InChI is InChI=1S/C17H19N5O3S/c23-26(24,21-11-13-10-20-17-15(13)2-1-5-18-17)14-3-4-16(19-12-14)22-6-8-25-9-7-22/h1-5,10,12,21H,6-9,11H2,(H,18,20). The Kier molecular flexibility index (Phi) is 4.58. The van der Waals surface area contributed by atoms with Gasteiger partial charge in [0.15, 0.2) is 0 Å². The molecule has 0 radical (unpaired) electrons. The second-order valence-corrected chi connectivity index (χ2v) is 7.76. The van der Waals surface area contributed by atoms with E-state index < -0.39 is 10.0 Å². The number of rotatable bonds is 5. The number of H-pyrrole nitrogens is 1. The molecule has 1 saturated heterocycles. The number of hydrogen-bond acceptors (Lipinski definition) is 6. The summed E-state index contributed by atoms with van der Waals surface area (Å²) in [7, 11) is -3.64. The van der Waals surface area contributed by atoms with Crippen LogP contribution in [0.25, 0.3) is 11.0 Å². The topological polar surface area (TPSA) is 100 Å². The third-order valence-electron chi connectivity index (χ3n) is 4.36. The molecule has 4 rings (SSSR count). The van der Waals surface area contributed by atoms with Gasteiger partial charge in [-0.2, -0.15) is 0 Å². The predicted molar refractivity (Wildman–Crippen MR) is 97.4 cm³/mol. The van der Waals surface area contributed by atoms with Gasteiger partial charge < -0.3 is 14.6 Å². The number of sulfonamides is 1. The number of ether oxygens (including phenoxy) is 1. The molecule has 0 amide bonds. The first kappa shape index (κ1) is 17.0. The first-order valence-corrected chi connectivity index (χ1v) is 9.81. The van der Waals surface area contributed by atoms with Crippen molar-refractivity contribution < 1.29 is 13.2 Å². The zero-order valence-electron chi connectivity index (χ0n) is 14.1. The van der Waals surface area contributed by atoms with Gasteiger partial charge in [0.25, 0.3) is 0 Å². The minimum absolute atomic E-state index is 0.146. The van der Waals surface area contributed by atoms with Crippen molar-refractivity contribution in [1.29, 1.82) is 0 Å². The molecule has 1 aliphatic heterocycles. The highest BCUT2D eigenvalue weighted by Crippen LogP contribution is 2.18. The Morgan fingerprint density at radius 3 is 2.81 bits per heavy atom. The van der Waals surface area contributed by atoms with Gasteiger partial charge in [-0.25, -0.2) is 23.1 Å². The van der Waals surface area contributed by atoms with Gasteiger partial charge >= 0.3 is 0 Å². The maximum absolute atomic E-state index is 12.5. The van der Waals surface area contributed by atoms with E-state index in [-0.39, 0.29) is 11.4 Å². The first-order chi connectivity index (χ1) is 12.6. The van der Waals surface area contributed by atoms with Crippen LogP contribution >= 0.6 is 0 Å². The second kappa shape index (κ2) is 7.02. The van der Waals surface area contributed by atoms with Crippen molar-refractivity contribution in [2.75, 3.05) is 31.2 Å². The third-order valence-corrected chi connectivity index (χ3v) is 5.74. The lowest BCUT2D eigenvalue weighted by Crippen LogP contribution is -2.36. The van der Waals surface area contributed by atoms with Gasteiger partial charge in [0.1, 0.15) is 16.4 Å². The molecule has 9 heteroatoms. The summed E-state index contributed by atoms with van der Waals surface area (Å²) in [5.74, 6) is 0.759. The van der Waals surface area contributed by atoms with Gasteiger partial charge in [0.05, 0.1) is 13.2 Å². The van der Waals surface area contributed by atoms with Crippen LogP contribution in [0.3, 0.4) is 0 Å². The van der Waals surface area contributed by atoms with E-state index in [0.717, 1.165) is 35.5 Å². The quantitative estimate of drug-likeness (QED) is 0.699. The molecule has 4 heterocycles. The number of aromatic amines is 1. The van der Waals surface area contributed by atoms with E-state index in [1.54, 1.807) is 24.5 Å². The van der Waals surface area contributed by atoms with Gasteiger partial charge in [-0.1, -0.05) is 0 Å². The van der Waals surface area contributed by atoms with E-state index in [2.05, 4.69) is 24.6 Å². The minimum Gasteiger partial charge on any atom is -0.378 e. The Balaban J connectivity index is 1.47. The molecule has 0 saturated carbocycles. The van der Waals surface area contributed by atoms with Crippen LogP contribution in [0, 0.1) is 0 Å². The fourth-order valence-corrected chi connectivity index (χ4v) is 3.88. The summed E-state index contributed by atoms with van der Waals surface area (Å²) in [6.07, 6.45) is 4.85. The van der Waals surface area contributed by atoms with E-state index >= 15 is 0 Å². The molecule has 26 heavy (non-hydrogen) atoms. The number of fused-ring (bicyclic) bond motifs is 1. The molecule has 0 aromatic carbocycles. The molecule has 0 spiro atoms. The fourth-order valence-electron chi connectivity index (χ4n) is 2.93. The number of pyridine rings is 2. The summed E-state index contributed by atoms with van der Waals surface area (Å²) in [5, 5.41) is 0.899. The van der Waals surface area contributed by atoms with E-state index in [1.165, 1.54) is 6.20 Å². The van der Waals surface area contributed by atoms with E-state index in [1.807, 2.05) is 12.1 Å². The SMILES string of the molecule is O=S(=O)(NCc1c[nH]c2ncccc12)c1ccc(N2CCOCC2)nc1. The van der Waals surface area contributed by atoms with Crippen LogP contribution in [0.2, 0.25) is 0 Å². The van der Waals surface area contributed by atoms with Crippen molar-refractivity contribution in [3.05, 3.63) is 48.4 Å². The molecule has 1 fully saturated rings. The van der Waals surface area contributed by atoms with Crippen LogP contribution < -0.4 is 9.62 Å². The smallest absolute Gasteiger partial charge is 0.242 e. The van der Waals surface area contributed by atoms with Crippen LogP contribution in [0.15, 0.2) is 47.8 Å². The summed E-state index contributed by atoms with van der Waals surface area (Å²) in [4.78, 5) is 13.8. The third kappa shape index (κ3) is 3.41. The van der Waals surface area contributed by atoms with Crippen molar-refractivity contribution in [1.82, 2.24) is 19.7 Å². The van der Waals surface area contributed by atoms with Crippen LogP contribution in [-0.4, -0.2) is 49.7 Å². The molecule has 1 aliphatic rings. The number of nitrogens with one attached hydrogen (secondary N) is 2. The molecule has 0 unspecified atom stereocenters. The molecule has 3 aromatic rings. The van der Waals surface area contributed by atoms with Crippen molar-refractivity contribution in [2.45, 2.75) is 11.4 Å². The molecular weight excluding hydrogens is 354 g/mol. The van der Waals surface area contributed by atoms with Crippen molar-refractivity contribution in [2.24, 2.45) is 0 Å². The molecule has 0 bridgehead atoms. The highest BCUT2D eigenvalue weighted by molar-refractivity contribution is 7.89. The van der Waals surface area contributed by atoms with Crippen LogP contribution in [0.4, 0.5) is 5.82 Å². The highest BCUT2D eigenvalue weighted by atomic mass is 32.2. The molecule has 136 valence electrons. The molecule has 0 aliphatic carbocycles. The maximum atomic E-state index is 12.5. The summed E-state index contributed by atoms with van der Waals surface area (Å²) in [6, 6.07) is 7.04. The molecule has 0 atom stereocenters. The Bertz CT molecular complexity index is 995.